The van der Waals surface area contributed by atoms with Gasteiger partial charge in [0.05, 0.1) is 12.6 Å². The maximum absolute atomic E-state index is 9.45. The molecule has 0 bridgehead atoms. The lowest BCUT2D eigenvalue weighted by atomic mass is 10.1. The Bertz CT molecular complexity index is 572. The first-order valence-electron chi connectivity index (χ1n) is 7.13. The molecule has 1 heterocycles. The first-order valence-corrected chi connectivity index (χ1v) is 7.13. The van der Waals surface area contributed by atoms with E-state index < -0.39 is 0 Å². The third-order valence-corrected chi connectivity index (χ3v) is 3.35. The van der Waals surface area contributed by atoms with E-state index in [1.165, 1.54) is 0 Å². The van der Waals surface area contributed by atoms with Gasteiger partial charge in [0.1, 0.15) is 11.6 Å². The molecule has 0 aliphatic heterocycles. The molecule has 1 aromatic heterocycles. The van der Waals surface area contributed by atoms with Crippen molar-refractivity contribution in [2.75, 3.05) is 24.3 Å². The fourth-order valence-corrected chi connectivity index (χ4v) is 1.98. The lowest BCUT2D eigenvalue weighted by molar-refractivity contribution is 0.249. The van der Waals surface area contributed by atoms with E-state index in [0.717, 1.165) is 11.4 Å². The fraction of sp³-hybridized carbons (Fsp3) is 0.375. The summed E-state index contributed by atoms with van der Waals surface area (Å²) in [7, 11) is 1.83. The predicted octanol–water partition coefficient (Wildman–Crippen LogP) is 2.61. The standard InChI is InChI=1S/C16H22N4O/c1-11(2)13(10-21)18-15-9-14(17-3)19-16(20-15)12-7-5-4-6-8-12/h4-9,11,13,21H,10H2,1-3H3,(H2,17,18,19,20). The molecule has 21 heavy (non-hydrogen) atoms. The Morgan fingerprint density at radius 1 is 1.10 bits per heavy atom. The molecule has 0 aliphatic rings. The van der Waals surface area contributed by atoms with Crippen LogP contribution in [-0.2, 0) is 0 Å². The van der Waals surface area contributed by atoms with E-state index >= 15 is 0 Å². The van der Waals surface area contributed by atoms with Gasteiger partial charge in [0.25, 0.3) is 0 Å². The molecule has 0 saturated carbocycles. The number of nitrogens with one attached hydrogen (secondary N) is 2. The Kier molecular flexibility index (Phi) is 5.11. The molecule has 1 atom stereocenters. The lowest BCUT2D eigenvalue weighted by Gasteiger charge is -2.21. The molecule has 1 aromatic carbocycles. The second-order valence-corrected chi connectivity index (χ2v) is 5.26. The van der Waals surface area contributed by atoms with Gasteiger partial charge < -0.3 is 15.7 Å². The average Bonchev–Trinajstić information content (AvgIpc) is 2.52. The van der Waals surface area contributed by atoms with Crippen molar-refractivity contribution < 1.29 is 5.11 Å². The number of anilines is 2. The molecular formula is C16H22N4O. The van der Waals surface area contributed by atoms with Crippen LogP contribution in [0.25, 0.3) is 11.4 Å². The van der Waals surface area contributed by atoms with Gasteiger partial charge in [-0.05, 0) is 5.92 Å². The number of hydrogen-bond donors (Lipinski definition) is 3. The number of hydrogen-bond acceptors (Lipinski definition) is 5. The Morgan fingerprint density at radius 3 is 2.33 bits per heavy atom. The molecule has 2 rings (SSSR count). The average molecular weight is 286 g/mol. The van der Waals surface area contributed by atoms with Crippen molar-refractivity contribution in [2.24, 2.45) is 5.92 Å². The van der Waals surface area contributed by atoms with Crippen molar-refractivity contribution in [2.45, 2.75) is 19.9 Å². The smallest absolute Gasteiger partial charge is 0.163 e. The highest BCUT2D eigenvalue weighted by Crippen LogP contribution is 2.21. The number of aliphatic hydroxyl groups excluding tert-OH is 1. The first kappa shape index (κ1) is 15.3. The van der Waals surface area contributed by atoms with E-state index in [1.54, 1.807) is 0 Å². The summed E-state index contributed by atoms with van der Waals surface area (Å²) >= 11 is 0. The minimum Gasteiger partial charge on any atom is -0.394 e. The van der Waals surface area contributed by atoms with Gasteiger partial charge in [-0.3, -0.25) is 0 Å². The van der Waals surface area contributed by atoms with Gasteiger partial charge in [0, 0.05) is 18.7 Å². The summed E-state index contributed by atoms with van der Waals surface area (Å²) in [6, 6.07) is 11.6. The van der Waals surface area contributed by atoms with E-state index in [1.807, 2.05) is 43.4 Å². The highest BCUT2D eigenvalue weighted by molar-refractivity contribution is 5.61. The molecule has 5 nitrogen and oxygen atoms in total. The van der Waals surface area contributed by atoms with Crippen LogP contribution in [-0.4, -0.2) is 34.8 Å². The van der Waals surface area contributed by atoms with Crippen LogP contribution in [0.4, 0.5) is 11.6 Å². The maximum atomic E-state index is 9.45. The van der Waals surface area contributed by atoms with Crippen LogP contribution < -0.4 is 10.6 Å². The highest BCUT2D eigenvalue weighted by Gasteiger charge is 2.14. The van der Waals surface area contributed by atoms with E-state index in [-0.39, 0.29) is 12.6 Å². The number of aromatic nitrogens is 2. The molecule has 0 aliphatic carbocycles. The zero-order chi connectivity index (χ0) is 15.2. The predicted molar refractivity (Wildman–Crippen MR) is 86.3 cm³/mol. The van der Waals surface area contributed by atoms with Gasteiger partial charge in [0.15, 0.2) is 5.82 Å². The normalized spacial score (nSPS) is 12.2. The maximum Gasteiger partial charge on any atom is 0.163 e. The van der Waals surface area contributed by atoms with Crippen LogP contribution in [0.2, 0.25) is 0 Å². The summed E-state index contributed by atoms with van der Waals surface area (Å²) in [6.45, 7) is 4.19. The third kappa shape index (κ3) is 3.92. The van der Waals surface area contributed by atoms with Crippen molar-refractivity contribution in [1.82, 2.24) is 9.97 Å². The largest absolute Gasteiger partial charge is 0.394 e. The van der Waals surface area contributed by atoms with Gasteiger partial charge >= 0.3 is 0 Å². The molecule has 0 saturated heterocycles. The molecule has 112 valence electrons. The molecule has 0 spiro atoms. The summed E-state index contributed by atoms with van der Waals surface area (Å²) in [5, 5.41) is 15.8. The number of nitrogens with zero attached hydrogens (tertiary/aromatic N) is 2. The molecule has 0 radical (unpaired) electrons. The molecule has 0 fully saturated rings. The molecule has 0 amide bonds. The SMILES string of the molecule is CNc1cc(NC(CO)C(C)C)nc(-c2ccccc2)n1. The second-order valence-electron chi connectivity index (χ2n) is 5.26. The summed E-state index contributed by atoms with van der Waals surface area (Å²) < 4.78 is 0. The van der Waals surface area contributed by atoms with Gasteiger partial charge in [-0.2, -0.15) is 0 Å². The topological polar surface area (TPSA) is 70.1 Å². The first-order chi connectivity index (χ1) is 10.1. The Labute approximate surface area is 125 Å². The summed E-state index contributed by atoms with van der Waals surface area (Å²) in [5.41, 5.74) is 0.961. The molecular weight excluding hydrogens is 264 g/mol. The summed E-state index contributed by atoms with van der Waals surface area (Å²) in [4.78, 5) is 9.02. The van der Waals surface area contributed by atoms with Crippen molar-refractivity contribution in [1.29, 1.82) is 0 Å². The van der Waals surface area contributed by atoms with E-state index in [9.17, 15) is 5.11 Å². The Hall–Kier alpha value is -2.14. The Morgan fingerprint density at radius 2 is 1.76 bits per heavy atom. The van der Waals surface area contributed by atoms with Gasteiger partial charge in [-0.1, -0.05) is 44.2 Å². The third-order valence-electron chi connectivity index (χ3n) is 3.35. The number of aliphatic hydroxyl groups is 1. The zero-order valence-electron chi connectivity index (χ0n) is 12.7. The van der Waals surface area contributed by atoms with Crippen LogP contribution >= 0.6 is 0 Å². The van der Waals surface area contributed by atoms with E-state index in [4.69, 9.17) is 0 Å². The van der Waals surface area contributed by atoms with Crippen LogP contribution in [0.15, 0.2) is 36.4 Å². The minimum atomic E-state index is -0.0340. The van der Waals surface area contributed by atoms with Crippen LogP contribution in [0.3, 0.4) is 0 Å². The van der Waals surface area contributed by atoms with Gasteiger partial charge in [0.2, 0.25) is 0 Å². The lowest BCUT2D eigenvalue weighted by Crippen LogP contribution is -2.30. The van der Waals surface area contributed by atoms with Crippen molar-refractivity contribution in [3.8, 4) is 11.4 Å². The zero-order valence-corrected chi connectivity index (χ0v) is 12.7. The van der Waals surface area contributed by atoms with Crippen LogP contribution in [0.1, 0.15) is 13.8 Å². The van der Waals surface area contributed by atoms with E-state index in [0.29, 0.717) is 17.6 Å². The quantitative estimate of drug-likeness (QED) is 0.761. The van der Waals surface area contributed by atoms with Crippen molar-refractivity contribution in [3.63, 3.8) is 0 Å². The summed E-state index contributed by atoms with van der Waals surface area (Å²) in [6.07, 6.45) is 0. The monoisotopic (exact) mass is 286 g/mol. The van der Waals surface area contributed by atoms with Crippen molar-refractivity contribution >= 4 is 11.6 Å². The number of rotatable bonds is 6. The van der Waals surface area contributed by atoms with Gasteiger partial charge in [-0.25, -0.2) is 9.97 Å². The van der Waals surface area contributed by atoms with Gasteiger partial charge in [-0.15, -0.1) is 0 Å². The van der Waals surface area contributed by atoms with Crippen LogP contribution in [0, 0.1) is 5.92 Å². The molecule has 1 unspecified atom stereocenters. The summed E-state index contributed by atoms with van der Waals surface area (Å²) in [5.74, 6) is 2.42. The Balaban J connectivity index is 2.34. The molecule has 5 heteroatoms. The highest BCUT2D eigenvalue weighted by atomic mass is 16.3. The van der Waals surface area contributed by atoms with Crippen LogP contribution in [0.5, 0.6) is 0 Å². The number of benzene rings is 1. The van der Waals surface area contributed by atoms with Crippen molar-refractivity contribution in [3.05, 3.63) is 36.4 Å². The fourth-order valence-electron chi connectivity index (χ4n) is 1.98. The second kappa shape index (κ2) is 7.04. The molecule has 3 N–H and O–H groups in total. The van der Waals surface area contributed by atoms with E-state index in [2.05, 4.69) is 34.4 Å². The molecule has 2 aromatic rings. The minimum absolute atomic E-state index is 0.0340.